The van der Waals surface area contributed by atoms with Crippen molar-refractivity contribution in [3.63, 3.8) is 0 Å². The first-order valence-corrected chi connectivity index (χ1v) is 10.1. The lowest BCUT2D eigenvalue weighted by Crippen LogP contribution is -2.31. The highest BCUT2D eigenvalue weighted by Gasteiger charge is 2.22. The maximum atomic E-state index is 13.0. The number of carbonyl (C=O) groups is 2. The summed E-state index contributed by atoms with van der Waals surface area (Å²) in [5.41, 5.74) is 2.70. The number of nitrogens with zero attached hydrogens (tertiary/aromatic N) is 1. The van der Waals surface area contributed by atoms with E-state index in [0.717, 1.165) is 5.56 Å². The number of nitrogens with one attached hydrogen (secondary N) is 1. The quantitative estimate of drug-likeness (QED) is 0.500. The number of hydrogen-bond acceptors (Lipinski definition) is 4. The van der Waals surface area contributed by atoms with Gasteiger partial charge >= 0.3 is 5.97 Å². The number of rotatable bonds is 7. The number of aryl methyl sites for hydroxylation is 1. The lowest BCUT2D eigenvalue weighted by Gasteiger charge is -2.19. The molecule has 0 saturated heterocycles. The number of benzene rings is 2. The first-order chi connectivity index (χ1) is 14.8. The molecular formula is C23H20Cl2N2O4. The average Bonchev–Trinajstić information content (AvgIpc) is 2.72. The molecule has 1 atom stereocenters. The van der Waals surface area contributed by atoms with Crippen LogP contribution in [-0.4, -0.2) is 29.1 Å². The Kier molecular flexibility index (Phi) is 7.15. The van der Waals surface area contributed by atoms with Crippen molar-refractivity contribution in [2.24, 2.45) is 0 Å². The highest BCUT2D eigenvalue weighted by molar-refractivity contribution is 6.31. The summed E-state index contributed by atoms with van der Waals surface area (Å²) in [5.74, 6) is -1.12. The van der Waals surface area contributed by atoms with Crippen LogP contribution >= 0.6 is 23.2 Å². The van der Waals surface area contributed by atoms with Crippen molar-refractivity contribution < 1.29 is 19.4 Å². The average molecular weight is 459 g/mol. The van der Waals surface area contributed by atoms with Crippen LogP contribution in [0, 0.1) is 6.92 Å². The minimum absolute atomic E-state index is 0.107. The molecule has 1 aromatic heterocycles. The molecule has 0 aliphatic rings. The number of pyridine rings is 1. The Balaban J connectivity index is 1.97. The minimum Gasteiger partial charge on any atom is -0.494 e. The summed E-state index contributed by atoms with van der Waals surface area (Å²) in [6, 6.07) is 14.5. The molecular weight excluding hydrogens is 439 g/mol. The molecule has 3 rings (SSSR count). The SMILES string of the molecule is COc1ccc(C(=O)N[C@@H](CC(=O)O)c2ccccc2Cl)nc1-c1cc(C)cc(Cl)c1. The number of aromatic nitrogens is 1. The van der Waals surface area contributed by atoms with Gasteiger partial charge in [-0.05, 0) is 54.4 Å². The fraction of sp³-hybridized carbons (Fsp3) is 0.174. The number of ether oxygens (including phenoxy) is 1. The lowest BCUT2D eigenvalue weighted by molar-refractivity contribution is -0.137. The fourth-order valence-electron chi connectivity index (χ4n) is 3.22. The standard InChI is InChI=1S/C23H20Cl2N2O4/c1-13-9-14(11-15(24)10-13)22-20(31-2)8-7-18(26-22)23(30)27-19(12-21(28)29)16-5-3-4-6-17(16)25/h3-11,19H,12H2,1-2H3,(H,27,30)(H,28,29)/t19-/m0/s1. The van der Waals surface area contributed by atoms with E-state index >= 15 is 0 Å². The van der Waals surface area contributed by atoms with Crippen LogP contribution in [0.2, 0.25) is 10.0 Å². The fourth-order valence-corrected chi connectivity index (χ4v) is 3.78. The second-order valence-corrected chi connectivity index (χ2v) is 7.75. The Morgan fingerprint density at radius 1 is 1.13 bits per heavy atom. The zero-order valence-electron chi connectivity index (χ0n) is 16.9. The smallest absolute Gasteiger partial charge is 0.305 e. The number of hydrogen-bond donors (Lipinski definition) is 2. The molecule has 160 valence electrons. The summed E-state index contributed by atoms with van der Waals surface area (Å²) in [7, 11) is 1.51. The van der Waals surface area contributed by atoms with E-state index in [4.69, 9.17) is 27.9 Å². The van der Waals surface area contributed by atoms with Crippen LogP contribution in [0.5, 0.6) is 5.75 Å². The molecule has 8 heteroatoms. The Bertz CT molecular complexity index is 1110. The van der Waals surface area contributed by atoms with Crippen LogP contribution in [-0.2, 0) is 4.79 Å². The molecule has 0 aliphatic carbocycles. The van der Waals surface area contributed by atoms with Crippen LogP contribution in [0.1, 0.15) is 34.1 Å². The van der Waals surface area contributed by atoms with Gasteiger partial charge in [0.2, 0.25) is 0 Å². The Hall–Kier alpha value is -3.09. The van der Waals surface area contributed by atoms with Gasteiger partial charge in [-0.25, -0.2) is 4.98 Å². The van der Waals surface area contributed by atoms with Gasteiger partial charge in [0.25, 0.3) is 5.91 Å². The van der Waals surface area contributed by atoms with Gasteiger partial charge in [-0.3, -0.25) is 9.59 Å². The molecule has 0 bridgehead atoms. The van der Waals surface area contributed by atoms with Crippen LogP contribution in [0.15, 0.2) is 54.6 Å². The van der Waals surface area contributed by atoms with E-state index in [9.17, 15) is 14.7 Å². The highest BCUT2D eigenvalue weighted by Crippen LogP contribution is 2.31. The van der Waals surface area contributed by atoms with Gasteiger partial charge in [0.15, 0.2) is 0 Å². The van der Waals surface area contributed by atoms with Crippen molar-refractivity contribution in [2.75, 3.05) is 7.11 Å². The summed E-state index contributed by atoms with van der Waals surface area (Å²) in [6.45, 7) is 1.90. The summed E-state index contributed by atoms with van der Waals surface area (Å²) in [5, 5.41) is 12.9. The summed E-state index contributed by atoms with van der Waals surface area (Å²) in [4.78, 5) is 28.8. The largest absolute Gasteiger partial charge is 0.494 e. The monoisotopic (exact) mass is 458 g/mol. The number of carbonyl (C=O) groups excluding carboxylic acids is 1. The first-order valence-electron chi connectivity index (χ1n) is 9.38. The van der Waals surface area contributed by atoms with Crippen molar-refractivity contribution >= 4 is 35.1 Å². The van der Waals surface area contributed by atoms with E-state index in [1.165, 1.54) is 13.2 Å². The molecule has 0 aliphatic heterocycles. The van der Waals surface area contributed by atoms with E-state index in [2.05, 4.69) is 10.3 Å². The maximum Gasteiger partial charge on any atom is 0.305 e. The molecule has 3 aromatic rings. The van der Waals surface area contributed by atoms with Gasteiger partial charge in [-0.1, -0.05) is 41.4 Å². The molecule has 1 heterocycles. The second-order valence-electron chi connectivity index (χ2n) is 6.91. The number of amides is 1. The van der Waals surface area contributed by atoms with E-state index < -0.39 is 17.9 Å². The zero-order chi connectivity index (χ0) is 22.5. The summed E-state index contributed by atoms with van der Waals surface area (Å²) < 4.78 is 5.40. The number of carboxylic acid groups (broad SMARTS) is 1. The molecule has 2 aromatic carbocycles. The van der Waals surface area contributed by atoms with Gasteiger partial charge < -0.3 is 15.2 Å². The third kappa shape index (κ3) is 5.54. The Morgan fingerprint density at radius 3 is 2.52 bits per heavy atom. The number of aliphatic carboxylic acids is 1. The van der Waals surface area contributed by atoms with Crippen LogP contribution in [0.3, 0.4) is 0 Å². The molecule has 0 spiro atoms. The molecule has 0 radical (unpaired) electrons. The second kappa shape index (κ2) is 9.81. The van der Waals surface area contributed by atoms with Gasteiger partial charge in [-0.15, -0.1) is 0 Å². The molecule has 2 N–H and O–H groups in total. The minimum atomic E-state index is -1.07. The van der Waals surface area contributed by atoms with Crippen LogP contribution < -0.4 is 10.1 Å². The van der Waals surface area contributed by atoms with E-state index in [1.54, 1.807) is 36.4 Å². The Morgan fingerprint density at radius 2 is 1.87 bits per heavy atom. The van der Waals surface area contributed by atoms with Gasteiger partial charge in [0.05, 0.1) is 19.6 Å². The van der Waals surface area contributed by atoms with Crippen LogP contribution in [0.4, 0.5) is 0 Å². The van der Waals surface area contributed by atoms with Crippen molar-refractivity contribution in [1.82, 2.24) is 10.3 Å². The van der Waals surface area contributed by atoms with Crippen molar-refractivity contribution in [1.29, 1.82) is 0 Å². The number of carboxylic acids is 1. The molecule has 31 heavy (non-hydrogen) atoms. The summed E-state index contributed by atoms with van der Waals surface area (Å²) in [6.07, 6.45) is -0.327. The molecule has 1 amide bonds. The first kappa shape index (κ1) is 22.6. The van der Waals surface area contributed by atoms with E-state index in [1.807, 2.05) is 19.1 Å². The molecule has 0 fully saturated rings. The van der Waals surface area contributed by atoms with Gasteiger partial charge in [0.1, 0.15) is 17.1 Å². The molecule has 6 nitrogen and oxygen atoms in total. The normalized spacial score (nSPS) is 11.6. The third-order valence-electron chi connectivity index (χ3n) is 4.59. The maximum absolute atomic E-state index is 13.0. The predicted octanol–water partition coefficient (Wildman–Crippen LogP) is 5.32. The summed E-state index contributed by atoms with van der Waals surface area (Å²) >= 11 is 12.4. The van der Waals surface area contributed by atoms with Crippen molar-refractivity contribution in [3.8, 4) is 17.0 Å². The molecule has 0 saturated carbocycles. The van der Waals surface area contributed by atoms with Gasteiger partial charge in [0, 0.05) is 15.6 Å². The van der Waals surface area contributed by atoms with Crippen molar-refractivity contribution in [3.05, 3.63) is 81.5 Å². The van der Waals surface area contributed by atoms with Crippen LogP contribution in [0.25, 0.3) is 11.3 Å². The Labute approximate surface area is 189 Å². The number of methoxy groups -OCH3 is 1. The lowest BCUT2D eigenvalue weighted by atomic mass is 10.0. The number of halogens is 2. The van der Waals surface area contributed by atoms with Crippen molar-refractivity contribution in [2.45, 2.75) is 19.4 Å². The highest BCUT2D eigenvalue weighted by atomic mass is 35.5. The third-order valence-corrected chi connectivity index (χ3v) is 5.15. The predicted molar refractivity (Wildman–Crippen MR) is 120 cm³/mol. The topological polar surface area (TPSA) is 88.5 Å². The van der Waals surface area contributed by atoms with E-state index in [0.29, 0.717) is 32.6 Å². The zero-order valence-corrected chi connectivity index (χ0v) is 18.4. The van der Waals surface area contributed by atoms with E-state index in [-0.39, 0.29) is 12.1 Å². The van der Waals surface area contributed by atoms with Gasteiger partial charge in [-0.2, -0.15) is 0 Å². The molecule has 0 unspecified atom stereocenters.